The van der Waals surface area contributed by atoms with Crippen LogP contribution in [0.15, 0.2) is 30.5 Å². The number of nitrogens with zero attached hydrogens (tertiary/aromatic N) is 6. The number of hydrogen-bond donors (Lipinski definition) is 1. The Labute approximate surface area is 218 Å². The maximum Gasteiger partial charge on any atom is 0.256 e. The van der Waals surface area contributed by atoms with Gasteiger partial charge in [0.05, 0.1) is 23.0 Å². The lowest BCUT2D eigenvalue weighted by molar-refractivity contribution is 0.0608. The number of amides is 1. The third-order valence-electron chi connectivity index (χ3n) is 7.36. The third-order valence-corrected chi connectivity index (χ3v) is 8.10. The van der Waals surface area contributed by atoms with Crippen LogP contribution in [0.1, 0.15) is 54.2 Å². The minimum atomic E-state index is -1.31. The maximum absolute atomic E-state index is 13.8. The molecular weight excluding hydrogens is 498 g/mol. The van der Waals surface area contributed by atoms with Crippen molar-refractivity contribution in [1.29, 1.82) is 0 Å². The van der Waals surface area contributed by atoms with Gasteiger partial charge >= 0.3 is 0 Å². The zero-order chi connectivity index (χ0) is 24.8. The van der Waals surface area contributed by atoms with Gasteiger partial charge in [0.1, 0.15) is 22.6 Å². The minimum absolute atomic E-state index is 0.135. The molecule has 0 radical (unpaired) electrons. The fourth-order valence-electron chi connectivity index (χ4n) is 5.19. The SMILES string of the molecule is CS(=O)Nc1ccc(Cl)cc1C(=O)N1CCCCC1c1cn2c(N3CCC3)cc(N3CCC3)nc2n1. The molecular formula is C25H30ClN7O2S. The predicted molar refractivity (Wildman–Crippen MR) is 143 cm³/mol. The monoisotopic (exact) mass is 527 g/mol. The fourth-order valence-corrected chi connectivity index (χ4v) is 5.85. The molecule has 0 spiro atoms. The topological polar surface area (TPSA) is 86.1 Å². The lowest BCUT2D eigenvalue weighted by atomic mass is 9.98. The van der Waals surface area contributed by atoms with E-state index in [0.29, 0.717) is 28.6 Å². The Morgan fingerprint density at radius 2 is 1.81 bits per heavy atom. The van der Waals surface area contributed by atoms with Gasteiger partial charge in [-0.05, 0) is 50.3 Å². The van der Waals surface area contributed by atoms with Gasteiger partial charge in [-0.15, -0.1) is 0 Å². The molecule has 36 heavy (non-hydrogen) atoms. The second kappa shape index (κ2) is 9.55. The van der Waals surface area contributed by atoms with Crippen LogP contribution in [0, 0.1) is 0 Å². The van der Waals surface area contributed by atoms with Crippen molar-refractivity contribution in [3.8, 4) is 0 Å². The summed E-state index contributed by atoms with van der Waals surface area (Å²) in [5, 5.41) is 0.467. The molecule has 0 aliphatic carbocycles. The summed E-state index contributed by atoms with van der Waals surface area (Å²) in [6.45, 7) is 4.75. The Morgan fingerprint density at radius 1 is 1.03 bits per heavy atom. The van der Waals surface area contributed by atoms with Crippen LogP contribution in [0.3, 0.4) is 0 Å². The van der Waals surface area contributed by atoms with E-state index in [-0.39, 0.29) is 11.9 Å². The van der Waals surface area contributed by atoms with Gasteiger partial charge in [-0.2, -0.15) is 4.98 Å². The summed E-state index contributed by atoms with van der Waals surface area (Å²) in [6.07, 6.45) is 8.76. The van der Waals surface area contributed by atoms with Crippen molar-refractivity contribution in [3.63, 3.8) is 0 Å². The first-order chi connectivity index (χ1) is 17.5. The zero-order valence-electron chi connectivity index (χ0n) is 20.3. The maximum atomic E-state index is 13.8. The molecule has 3 saturated heterocycles. The number of piperidine rings is 1. The van der Waals surface area contributed by atoms with Gasteiger partial charge in [0.2, 0.25) is 5.78 Å². The van der Waals surface area contributed by atoms with Crippen molar-refractivity contribution in [2.45, 2.75) is 38.1 Å². The van der Waals surface area contributed by atoms with Crippen LogP contribution in [-0.2, 0) is 11.0 Å². The highest BCUT2D eigenvalue weighted by atomic mass is 35.5. The van der Waals surface area contributed by atoms with Crippen LogP contribution in [0.5, 0.6) is 0 Å². The quantitative estimate of drug-likeness (QED) is 0.523. The largest absolute Gasteiger partial charge is 0.357 e. The molecule has 3 fully saturated rings. The van der Waals surface area contributed by atoms with E-state index in [1.54, 1.807) is 24.5 Å². The highest BCUT2D eigenvalue weighted by Crippen LogP contribution is 2.35. The van der Waals surface area contributed by atoms with Crippen LogP contribution in [0.25, 0.3) is 5.78 Å². The number of imidazole rings is 1. The second-order valence-corrected chi connectivity index (χ2v) is 11.3. The molecule has 3 aliphatic heterocycles. The zero-order valence-corrected chi connectivity index (χ0v) is 21.9. The summed E-state index contributed by atoms with van der Waals surface area (Å²) >= 11 is 6.26. The Kier molecular flexibility index (Phi) is 6.25. The van der Waals surface area contributed by atoms with E-state index in [2.05, 4.69) is 31.2 Å². The van der Waals surface area contributed by atoms with Gasteiger partial charge in [0, 0.05) is 56.3 Å². The average Bonchev–Trinajstić information content (AvgIpc) is 3.21. The Balaban J connectivity index is 1.38. The molecule has 0 bridgehead atoms. The number of fused-ring (bicyclic) bond motifs is 1. The Bertz CT molecular complexity index is 1340. The van der Waals surface area contributed by atoms with Crippen LogP contribution in [0.2, 0.25) is 5.02 Å². The molecule has 2 unspecified atom stereocenters. The van der Waals surface area contributed by atoms with Crippen molar-refractivity contribution < 1.29 is 9.00 Å². The number of carbonyl (C=O) groups is 1. The van der Waals surface area contributed by atoms with Crippen LogP contribution in [-0.4, -0.2) is 68.4 Å². The molecule has 190 valence electrons. The second-order valence-electron chi connectivity index (χ2n) is 9.75. The number of hydrogen-bond acceptors (Lipinski definition) is 6. The lowest BCUT2D eigenvalue weighted by Crippen LogP contribution is -2.40. The summed E-state index contributed by atoms with van der Waals surface area (Å²) in [4.78, 5) is 30.2. The summed E-state index contributed by atoms with van der Waals surface area (Å²) in [6, 6.07) is 7.07. The molecule has 0 saturated carbocycles. The number of carbonyl (C=O) groups excluding carboxylic acids is 1. The molecule has 1 N–H and O–H groups in total. The van der Waals surface area contributed by atoms with Crippen LogP contribution in [0.4, 0.5) is 17.3 Å². The van der Waals surface area contributed by atoms with E-state index in [1.165, 1.54) is 12.8 Å². The predicted octanol–water partition coefficient (Wildman–Crippen LogP) is 3.88. The molecule has 2 atom stereocenters. The molecule has 2 aromatic heterocycles. The number of nitrogens with one attached hydrogen (secondary N) is 1. The fraction of sp³-hybridized carbons (Fsp3) is 0.480. The Morgan fingerprint density at radius 3 is 2.50 bits per heavy atom. The first-order valence-electron chi connectivity index (χ1n) is 12.6. The summed E-state index contributed by atoms with van der Waals surface area (Å²) in [5.74, 6) is 2.64. The molecule has 9 nitrogen and oxygen atoms in total. The van der Waals surface area contributed by atoms with Crippen molar-refractivity contribution in [2.24, 2.45) is 0 Å². The standard InChI is InChI=1S/C25H30ClN7O2S/c1-36(35)29-19-8-7-17(26)14-18(19)24(34)32-13-3-2-6-21(32)20-16-33-23(31-11-5-12-31)15-22(28-25(33)27-20)30-9-4-10-30/h7-8,14-16,21,29H,2-6,9-13H2,1H3. The minimum Gasteiger partial charge on any atom is -0.357 e. The van der Waals surface area contributed by atoms with E-state index in [9.17, 15) is 9.00 Å². The van der Waals surface area contributed by atoms with Gasteiger partial charge in [-0.3, -0.25) is 9.20 Å². The van der Waals surface area contributed by atoms with Crippen molar-refractivity contribution >= 4 is 51.6 Å². The molecule has 3 aromatic rings. The van der Waals surface area contributed by atoms with E-state index in [0.717, 1.165) is 62.8 Å². The molecule has 11 heteroatoms. The molecule has 1 amide bonds. The van der Waals surface area contributed by atoms with Gasteiger partial charge < -0.3 is 19.4 Å². The average molecular weight is 528 g/mol. The summed E-state index contributed by atoms with van der Waals surface area (Å²) in [7, 11) is -1.31. The molecule has 3 aliphatic rings. The Hall–Kier alpha value is -2.85. The van der Waals surface area contributed by atoms with E-state index in [1.807, 2.05) is 4.90 Å². The smallest absolute Gasteiger partial charge is 0.256 e. The summed E-state index contributed by atoms with van der Waals surface area (Å²) < 4.78 is 16.8. The normalized spacial score (nSPS) is 20.7. The molecule has 6 rings (SSSR count). The molecule has 5 heterocycles. The number of rotatable bonds is 6. The number of benzene rings is 1. The number of halogens is 1. The molecule has 1 aromatic carbocycles. The van der Waals surface area contributed by atoms with E-state index >= 15 is 0 Å². The van der Waals surface area contributed by atoms with Crippen LogP contribution >= 0.6 is 11.6 Å². The van der Waals surface area contributed by atoms with Crippen LogP contribution < -0.4 is 14.5 Å². The first-order valence-corrected chi connectivity index (χ1v) is 14.5. The van der Waals surface area contributed by atoms with Crippen molar-refractivity contribution in [1.82, 2.24) is 19.3 Å². The third kappa shape index (κ3) is 4.30. The highest BCUT2D eigenvalue weighted by Gasteiger charge is 2.33. The van der Waals surface area contributed by atoms with E-state index < -0.39 is 11.0 Å². The van der Waals surface area contributed by atoms with Gasteiger partial charge in [0.15, 0.2) is 0 Å². The van der Waals surface area contributed by atoms with Gasteiger partial charge in [-0.1, -0.05) is 11.6 Å². The van der Waals surface area contributed by atoms with Crippen molar-refractivity contribution in [2.75, 3.05) is 53.5 Å². The highest BCUT2D eigenvalue weighted by molar-refractivity contribution is 7.85. The number of likely N-dealkylation sites (tertiary alicyclic amines) is 1. The van der Waals surface area contributed by atoms with Gasteiger partial charge in [0.25, 0.3) is 5.91 Å². The summed E-state index contributed by atoms with van der Waals surface area (Å²) in [5.41, 5.74) is 1.80. The van der Waals surface area contributed by atoms with Crippen molar-refractivity contribution in [3.05, 3.63) is 46.7 Å². The lowest BCUT2D eigenvalue weighted by Gasteiger charge is -2.36. The first kappa shape index (κ1) is 23.5. The van der Waals surface area contributed by atoms with E-state index in [4.69, 9.17) is 21.6 Å². The number of anilines is 3. The number of aromatic nitrogens is 3. The van der Waals surface area contributed by atoms with Gasteiger partial charge in [-0.25, -0.2) is 9.19 Å².